The first-order valence-corrected chi connectivity index (χ1v) is 11.1. The van der Waals surface area contributed by atoms with Gasteiger partial charge in [-0.3, -0.25) is 4.90 Å². The minimum Gasteiger partial charge on any atom is -0.488 e. The van der Waals surface area contributed by atoms with Crippen molar-refractivity contribution < 1.29 is 14.2 Å². The van der Waals surface area contributed by atoms with Crippen LogP contribution in [0.3, 0.4) is 0 Å². The largest absolute Gasteiger partial charge is 0.488 e. The molecule has 1 saturated heterocycles. The molecule has 5 nitrogen and oxygen atoms in total. The Morgan fingerprint density at radius 1 is 1.23 bits per heavy atom. The molecule has 1 fully saturated rings. The molecule has 0 spiro atoms. The fraction of sp³-hybridized carbons (Fsp3) is 0.435. The fourth-order valence-corrected chi connectivity index (χ4v) is 4.89. The van der Waals surface area contributed by atoms with Crippen molar-refractivity contribution in [3.8, 4) is 5.75 Å². The molecule has 0 bridgehead atoms. The molecule has 160 valence electrons. The van der Waals surface area contributed by atoms with Crippen LogP contribution >= 0.6 is 11.3 Å². The Labute approximate surface area is 180 Å². The number of para-hydroxylation sites is 1. The van der Waals surface area contributed by atoms with Crippen molar-refractivity contribution in [2.45, 2.75) is 32.9 Å². The predicted molar refractivity (Wildman–Crippen MR) is 120 cm³/mol. The first-order valence-electron chi connectivity index (χ1n) is 10.3. The van der Waals surface area contributed by atoms with Crippen LogP contribution in [-0.2, 0) is 0 Å². The monoisotopic (exact) mass is 429 g/mol. The molecule has 0 amide bonds. The lowest BCUT2D eigenvalue weighted by Crippen LogP contribution is -2.54. The molecule has 3 aromatic rings. The Hall–Kier alpha value is -2.22. The van der Waals surface area contributed by atoms with Gasteiger partial charge in [-0.05, 0) is 56.2 Å². The lowest BCUT2D eigenvalue weighted by atomic mass is 10.1. The lowest BCUT2D eigenvalue weighted by molar-refractivity contribution is 0.0501. The van der Waals surface area contributed by atoms with E-state index in [9.17, 15) is 9.50 Å². The van der Waals surface area contributed by atoms with Gasteiger partial charge >= 0.3 is 0 Å². The molecule has 4 rings (SSSR count). The van der Waals surface area contributed by atoms with Crippen LogP contribution < -0.4 is 9.64 Å². The van der Waals surface area contributed by atoms with Gasteiger partial charge in [-0.15, -0.1) is 0 Å². The summed E-state index contributed by atoms with van der Waals surface area (Å²) < 4.78 is 20.3. The summed E-state index contributed by atoms with van der Waals surface area (Å²) in [5.74, 6) is -0.233. The van der Waals surface area contributed by atoms with Gasteiger partial charge in [0.25, 0.3) is 0 Å². The Balaban J connectivity index is 1.33. The first kappa shape index (κ1) is 21.0. The quantitative estimate of drug-likeness (QED) is 0.642. The van der Waals surface area contributed by atoms with Crippen LogP contribution in [0.25, 0.3) is 10.2 Å². The van der Waals surface area contributed by atoms with E-state index in [1.165, 1.54) is 21.9 Å². The van der Waals surface area contributed by atoms with E-state index >= 15 is 0 Å². The predicted octanol–water partition coefficient (Wildman–Crippen LogP) is 4.00. The van der Waals surface area contributed by atoms with Gasteiger partial charge in [0.1, 0.15) is 12.7 Å². The molecular weight excluding hydrogens is 401 g/mol. The van der Waals surface area contributed by atoms with E-state index < -0.39 is 11.9 Å². The molecule has 2 atom stereocenters. The van der Waals surface area contributed by atoms with Gasteiger partial charge in [0.05, 0.1) is 10.2 Å². The number of fused-ring (bicyclic) bond motifs is 1. The van der Waals surface area contributed by atoms with Gasteiger partial charge in [0, 0.05) is 32.2 Å². The van der Waals surface area contributed by atoms with Crippen molar-refractivity contribution in [3.63, 3.8) is 0 Å². The van der Waals surface area contributed by atoms with Gasteiger partial charge in [-0.2, -0.15) is 0 Å². The number of aromatic nitrogens is 1. The smallest absolute Gasteiger partial charge is 0.186 e. The zero-order chi connectivity index (χ0) is 21.3. The standard InChI is InChI=1S/C23H28FN3O2S/c1-15-10-20-22(11-16(15)2)30-23(25-20)27-9-8-26(17(3)12-27)13-18(28)14-29-21-7-5-4-6-19(21)24/h4-7,10-11,17-18,28H,8-9,12-14H2,1-3H3. The first-order chi connectivity index (χ1) is 14.4. The van der Waals surface area contributed by atoms with Crippen LogP contribution in [-0.4, -0.2) is 59.9 Å². The summed E-state index contributed by atoms with van der Waals surface area (Å²) in [7, 11) is 0. The van der Waals surface area contributed by atoms with Gasteiger partial charge < -0.3 is 14.7 Å². The Morgan fingerprint density at radius 3 is 2.77 bits per heavy atom. The van der Waals surface area contributed by atoms with E-state index in [-0.39, 0.29) is 18.4 Å². The Morgan fingerprint density at radius 2 is 2.00 bits per heavy atom. The Kier molecular flexibility index (Phi) is 6.22. The molecule has 30 heavy (non-hydrogen) atoms. The summed E-state index contributed by atoms with van der Waals surface area (Å²) in [5, 5.41) is 11.4. The van der Waals surface area contributed by atoms with Crippen LogP contribution in [0.5, 0.6) is 5.75 Å². The second kappa shape index (κ2) is 8.88. The molecule has 2 heterocycles. The zero-order valence-corrected chi connectivity index (χ0v) is 18.5. The number of aliphatic hydroxyl groups excluding tert-OH is 1. The second-order valence-corrected chi connectivity index (χ2v) is 9.09. The van der Waals surface area contributed by atoms with Crippen molar-refractivity contribution in [1.82, 2.24) is 9.88 Å². The van der Waals surface area contributed by atoms with Crippen LogP contribution in [0, 0.1) is 19.7 Å². The normalized spacial score (nSPS) is 18.7. The van der Waals surface area contributed by atoms with E-state index in [0.29, 0.717) is 6.54 Å². The highest BCUT2D eigenvalue weighted by Gasteiger charge is 2.27. The Bertz CT molecular complexity index is 986. The number of ether oxygens (including phenoxy) is 1. The number of rotatable bonds is 6. The maximum absolute atomic E-state index is 13.7. The van der Waals surface area contributed by atoms with E-state index in [1.807, 2.05) is 0 Å². The summed E-state index contributed by atoms with van der Waals surface area (Å²) in [5.41, 5.74) is 3.63. The second-order valence-electron chi connectivity index (χ2n) is 8.09. The number of nitrogens with zero attached hydrogens (tertiary/aromatic N) is 3. The third kappa shape index (κ3) is 4.58. The summed E-state index contributed by atoms with van der Waals surface area (Å²) in [6.07, 6.45) is -0.674. The number of benzene rings is 2. The molecule has 0 radical (unpaired) electrons. The molecule has 0 saturated carbocycles. The van der Waals surface area contributed by atoms with Crippen molar-refractivity contribution in [1.29, 1.82) is 0 Å². The zero-order valence-electron chi connectivity index (χ0n) is 17.6. The van der Waals surface area contributed by atoms with E-state index in [0.717, 1.165) is 30.3 Å². The van der Waals surface area contributed by atoms with Crippen LogP contribution in [0.15, 0.2) is 36.4 Å². The van der Waals surface area contributed by atoms with Gasteiger partial charge in [-0.1, -0.05) is 23.5 Å². The van der Waals surface area contributed by atoms with Gasteiger partial charge in [0.2, 0.25) is 0 Å². The van der Waals surface area contributed by atoms with Gasteiger partial charge in [0.15, 0.2) is 16.7 Å². The molecule has 1 aromatic heterocycles. The van der Waals surface area contributed by atoms with Crippen LogP contribution in [0.2, 0.25) is 0 Å². The number of aliphatic hydroxyl groups is 1. The molecular formula is C23H28FN3O2S. The third-order valence-electron chi connectivity index (χ3n) is 5.74. The average Bonchev–Trinajstić information content (AvgIpc) is 3.12. The average molecular weight is 430 g/mol. The highest BCUT2D eigenvalue weighted by molar-refractivity contribution is 7.22. The summed E-state index contributed by atoms with van der Waals surface area (Å²) >= 11 is 1.74. The van der Waals surface area contributed by atoms with Crippen molar-refractivity contribution >= 4 is 26.7 Å². The summed E-state index contributed by atoms with van der Waals surface area (Å²) in [4.78, 5) is 9.44. The van der Waals surface area contributed by atoms with Crippen LogP contribution in [0.1, 0.15) is 18.1 Å². The number of hydrogen-bond acceptors (Lipinski definition) is 6. The number of halogens is 1. The lowest BCUT2D eigenvalue weighted by Gasteiger charge is -2.40. The minimum atomic E-state index is -0.674. The topological polar surface area (TPSA) is 48.8 Å². The van der Waals surface area contributed by atoms with Crippen molar-refractivity contribution in [2.75, 3.05) is 37.7 Å². The van der Waals surface area contributed by atoms with Crippen LogP contribution in [0.4, 0.5) is 9.52 Å². The van der Waals surface area contributed by atoms with Crippen molar-refractivity contribution in [3.05, 3.63) is 53.3 Å². The van der Waals surface area contributed by atoms with E-state index in [2.05, 4.69) is 42.7 Å². The number of hydrogen-bond donors (Lipinski definition) is 1. The summed E-state index contributed by atoms with van der Waals surface area (Å²) in [6.45, 7) is 9.56. The minimum absolute atomic E-state index is 0.0738. The molecule has 1 N–H and O–H groups in total. The number of β-amino-alcohol motifs (C(OH)–C–C–N with tert-alkyl or cyclic N) is 1. The highest BCUT2D eigenvalue weighted by atomic mass is 32.1. The van der Waals surface area contributed by atoms with E-state index in [1.54, 1.807) is 29.5 Å². The number of piperazine rings is 1. The fourth-order valence-electron chi connectivity index (χ4n) is 3.81. The molecule has 1 aliphatic rings. The number of thiazole rings is 1. The maximum atomic E-state index is 13.7. The van der Waals surface area contributed by atoms with E-state index in [4.69, 9.17) is 9.72 Å². The van der Waals surface area contributed by atoms with Crippen molar-refractivity contribution in [2.24, 2.45) is 0 Å². The molecule has 2 unspecified atom stereocenters. The molecule has 0 aliphatic carbocycles. The molecule has 7 heteroatoms. The molecule has 2 aromatic carbocycles. The SMILES string of the molecule is Cc1cc2nc(N3CCN(CC(O)COc4ccccc4F)C(C)C3)sc2cc1C. The summed E-state index contributed by atoms with van der Waals surface area (Å²) in [6, 6.07) is 10.9. The molecule has 1 aliphatic heterocycles. The number of anilines is 1. The highest BCUT2D eigenvalue weighted by Crippen LogP contribution is 2.32. The van der Waals surface area contributed by atoms with Gasteiger partial charge in [-0.25, -0.2) is 9.37 Å². The third-order valence-corrected chi connectivity index (χ3v) is 6.82. The number of aryl methyl sites for hydroxylation is 2. The maximum Gasteiger partial charge on any atom is 0.186 e.